The van der Waals surface area contributed by atoms with Crippen molar-refractivity contribution in [3.8, 4) is 0 Å². The molecule has 0 aromatic carbocycles. The first-order chi connectivity index (χ1) is 7.67. The first kappa shape index (κ1) is 11.6. The molecule has 88 valence electrons. The molecule has 1 aromatic heterocycles. The zero-order valence-electron chi connectivity index (χ0n) is 8.79. The van der Waals surface area contributed by atoms with Crippen LogP contribution in [0.1, 0.15) is 19.3 Å². The number of aliphatic hydroxyl groups excluding tert-OH is 1. The minimum absolute atomic E-state index is 0.219. The minimum Gasteiger partial charge on any atom is -0.396 e. The van der Waals surface area contributed by atoms with E-state index in [1.807, 2.05) is 0 Å². The Morgan fingerprint density at radius 2 is 2.38 bits per heavy atom. The highest BCUT2D eigenvalue weighted by Crippen LogP contribution is 2.48. The molecule has 0 saturated heterocycles. The van der Waals surface area contributed by atoms with Crippen molar-refractivity contribution in [3.63, 3.8) is 0 Å². The van der Waals surface area contributed by atoms with Gasteiger partial charge in [0.25, 0.3) is 5.56 Å². The van der Waals surface area contributed by atoms with Gasteiger partial charge in [-0.3, -0.25) is 4.79 Å². The Morgan fingerprint density at radius 1 is 1.62 bits per heavy atom. The van der Waals surface area contributed by atoms with Crippen LogP contribution in [0, 0.1) is 5.41 Å². The molecule has 0 atom stereocenters. The van der Waals surface area contributed by atoms with Gasteiger partial charge in [0.1, 0.15) is 4.47 Å². The normalized spacial score (nSPS) is 17.1. The van der Waals surface area contributed by atoms with Gasteiger partial charge in [0.15, 0.2) is 0 Å². The van der Waals surface area contributed by atoms with Crippen molar-refractivity contribution < 1.29 is 5.11 Å². The van der Waals surface area contributed by atoms with E-state index in [1.165, 1.54) is 0 Å². The smallest absolute Gasteiger partial charge is 0.280 e. The van der Waals surface area contributed by atoms with E-state index in [1.54, 1.807) is 6.20 Å². The van der Waals surface area contributed by atoms with Gasteiger partial charge in [-0.05, 0) is 40.6 Å². The molecule has 0 spiro atoms. The molecule has 1 heterocycles. The number of hydrogen-bond acceptors (Lipinski definition) is 4. The molecule has 1 aliphatic carbocycles. The topological polar surface area (TPSA) is 78.0 Å². The fourth-order valence-electron chi connectivity index (χ4n) is 1.72. The highest BCUT2D eigenvalue weighted by atomic mass is 79.9. The van der Waals surface area contributed by atoms with Gasteiger partial charge in [-0.25, -0.2) is 5.10 Å². The van der Waals surface area contributed by atoms with E-state index >= 15 is 0 Å². The molecule has 1 fully saturated rings. The zero-order valence-corrected chi connectivity index (χ0v) is 10.4. The molecule has 0 aliphatic heterocycles. The van der Waals surface area contributed by atoms with E-state index in [9.17, 15) is 4.79 Å². The van der Waals surface area contributed by atoms with Crippen LogP contribution in [0.15, 0.2) is 15.5 Å². The monoisotopic (exact) mass is 287 g/mol. The molecule has 1 aromatic rings. The molecule has 6 heteroatoms. The molecule has 3 N–H and O–H groups in total. The van der Waals surface area contributed by atoms with Crippen LogP contribution in [-0.4, -0.2) is 28.5 Å². The summed E-state index contributed by atoms with van der Waals surface area (Å²) in [5.74, 6) is 0. The standard InChI is InChI=1S/C10H14BrN3O2/c11-8-7(5-13-14-9(8)16)12-6-10(1-2-10)3-4-15/h5,15H,1-4,6H2,(H2,12,14,16). The van der Waals surface area contributed by atoms with Crippen molar-refractivity contribution in [2.45, 2.75) is 19.3 Å². The molecule has 0 unspecified atom stereocenters. The number of rotatable bonds is 5. The Hall–Kier alpha value is -0.880. The largest absolute Gasteiger partial charge is 0.396 e. The molecule has 0 amide bonds. The van der Waals surface area contributed by atoms with E-state index in [4.69, 9.17) is 5.11 Å². The zero-order chi connectivity index (χ0) is 11.6. The van der Waals surface area contributed by atoms with E-state index in [0.29, 0.717) is 10.2 Å². The van der Waals surface area contributed by atoms with E-state index in [0.717, 1.165) is 25.8 Å². The Morgan fingerprint density at radius 3 is 3.00 bits per heavy atom. The Kier molecular flexibility index (Phi) is 3.30. The Bertz CT molecular complexity index is 428. The molecule has 0 bridgehead atoms. The second-order valence-corrected chi connectivity index (χ2v) is 5.05. The first-order valence-corrected chi connectivity index (χ1v) is 6.04. The van der Waals surface area contributed by atoms with E-state index in [-0.39, 0.29) is 17.6 Å². The van der Waals surface area contributed by atoms with Crippen LogP contribution in [0.25, 0.3) is 0 Å². The predicted molar refractivity (Wildman–Crippen MR) is 64.4 cm³/mol. The molecular weight excluding hydrogens is 274 g/mol. The van der Waals surface area contributed by atoms with Gasteiger partial charge in [0.05, 0.1) is 11.9 Å². The third-order valence-corrected chi connectivity index (χ3v) is 3.84. The van der Waals surface area contributed by atoms with Crippen LogP contribution in [0.3, 0.4) is 0 Å². The first-order valence-electron chi connectivity index (χ1n) is 5.25. The number of H-pyrrole nitrogens is 1. The quantitative estimate of drug-likeness (QED) is 0.758. The van der Waals surface area contributed by atoms with Crippen molar-refractivity contribution in [1.82, 2.24) is 10.2 Å². The fraction of sp³-hybridized carbons (Fsp3) is 0.600. The van der Waals surface area contributed by atoms with Crippen molar-refractivity contribution in [2.75, 3.05) is 18.5 Å². The molecular formula is C10H14BrN3O2. The van der Waals surface area contributed by atoms with Crippen LogP contribution in [0.4, 0.5) is 5.69 Å². The van der Waals surface area contributed by atoms with Crippen LogP contribution in [0.2, 0.25) is 0 Å². The third-order valence-electron chi connectivity index (χ3n) is 3.05. The van der Waals surface area contributed by atoms with Gasteiger partial charge in [0.2, 0.25) is 0 Å². The number of aromatic nitrogens is 2. The van der Waals surface area contributed by atoms with Gasteiger partial charge in [0, 0.05) is 13.2 Å². The number of nitrogens with one attached hydrogen (secondary N) is 2. The van der Waals surface area contributed by atoms with Gasteiger partial charge < -0.3 is 10.4 Å². The molecule has 0 radical (unpaired) electrons. The van der Waals surface area contributed by atoms with Gasteiger partial charge in [-0.2, -0.15) is 5.10 Å². The number of anilines is 1. The average Bonchev–Trinajstić information content (AvgIpc) is 3.02. The van der Waals surface area contributed by atoms with Crippen LogP contribution < -0.4 is 10.9 Å². The highest BCUT2D eigenvalue weighted by Gasteiger charge is 2.41. The maximum absolute atomic E-state index is 11.3. The molecule has 16 heavy (non-hydrogen) atoms. The second kappa shape index (κ2) is 4.55. The number of aliphatic hydroxyl groups is 1. The lowest BCUT2D eigenvalue weighted by Crippen LogP contribution is -2.19. The summed E-state index contributed by atoms with van der Waals surface area (Å²) in [4.78, 5) is 11.3. The summed E-state index contributed by atoms with van der Waals surface area (Å²) in [5, 5.41) is 18.2. The summed E-state index contributed by atoms with van der Waals surface area (Å²) < 4.78 is 0.474. The van der Waals surface area contributed by atoms with Crippen molar-refractivity contribution in [2.24, 2.45) is 5.41 Å². The van der Waals surface area contributed by atoms with E-state index in [2.05, 4.69) is 31.4 Å². The predicted octanol–water partition coefficient (Wildman–Crippen LogP) is 1.11. The third kappa shape index (κ3) is 2.44. The van der Waals surface area contributed by atoms with Gasteiger partial charge >= 0.3 is 0 Å². The highest BCUT2D eigenvalue weighted by molar-refractivity contribution is 9.10. The summed E-state index contributed by atoms with van der Waals surface area (Å²) >= 11 is 3.21. The second-order valence-electron chi connectivity index (χ2n) is 4.25. The maximum atomic E-state index is 11.3. The SMILES string of the molecule is O=c1[nH]ncc(NCC2(CCO)CC2)c1Br. The number of aromatic amines is 1. The molecule has 2 rings (SSSR count). The van der Waals surface area contributed by atoms with Crippen LogP contribution in [-0.2, 0) is 0 Å². The number of halogens is 1. The molecule has 1 saturated carbocycles. The maximum Gasteiger partial charge on any atom is 0.280 e. The number of nitrogens with zero attached hydrogens (tertiary/aromatic N) is 1. The summed E-state index contributed by atoms with van der Waals surface area (Å²) in [7, 11) is 0. The minimum atomic E-state index is -0.239. The van der Waals surface area contributed by atoms with Gasteiger partial charge in [-0.15, -0.1) is 0 Å². The summed E-state index contributed by atoms with van der Waals surface area (Å²) in [6.45, 7) is 0.994. The van der Waals surface area contributed by atoms with Crippen molar-refractivity contribution >= 4 is 21.6 Å². The molecule has 5 nitrogen and oxygen atoms in total. The van der Waals surface area contributed by atoms with Crippen LogP contribution in [0.5, 0.6) is 0 Å². The van der Waals surface area contributed by atoms with Gasteiger partial charge in [-0.1, -0.05) is 0 Å². The fourth-order valence-corrected chi connectivity index (χ4v) is 2.05. The van der Waals surface area contributed by atoms with E-state index < -0.39 is 0 Å². The van der Waals surface area contributed by atoms with Crippen molar-refractivity contribution in [3.05, 3.63) is 21.0 Å². The summed E-state index contributed by atoms with van der Waals surface area (Å²) in [6.07, 6.45) is 4.67. The summed E-state index contributed by atoms with van der Waals surface area (Å²) in [6, 6.07) is 0. The Balaban J connectivity index is 2.00. The lowest BCUT2D eigenvalue weighted by Gasteiger charge is -2.15. The molecule has 1 aliphatic rings. The Labute approximate surface area is 101 Å². The van der Waals surface area contributed by atoms with Crippen molar-refractivity contribution in [1.29, 1.82) is 0 Å². The lowest BCUT2D eigenvalue weighted by atomic mass is 10.0. The summed E-state index contributed by atoms with van der Waals surface area (Å²) in [5.41, 5.74) is 0.682. The van der Waals surface area contributed by atoms with Crippen LogP contribution >= 0.6 is 15.9 Å². The lowest BCUT2D eigenvalue weighted by molar-refractivity contribution is 0.253. The average molecular weight is 288 g/mol. The number of hydrogen-bond donors (Lipinski definition) is 3.